The molecule has 78 valence electrons. The number of hydrogen-bond acceptors (Lipinski definition) is 3. The van der Waals surface area contributed by atoms with Crippen LogP contribution in [0.3, 0.4) is 0 Å². The highest BCUT2D eigenvalue weighted by molar-refractivity contribution is 9.10. The number of halogens is 1. The van der Waals surface area contributed by atoms with Gasteiger partial charge in [0.2, 0.25) is 0 Å². The molecule has 0 aromatic carbocycles. The molecule has 0 heterocycles. The SMILES string of the molecule is COC(=O)C(Br)COCCC(C)C. The summed E-state index contributed by atoms with van der Waals surface area (Å²) in [5.74, 6) is 0.344. The lowest BCUT2D eigenvalue weighted by molar-refractivity contribution is -0.140. The van der Waals surface area contributed by atoms with Gasteiger partial charge < -0.3 is 9.47 Å². The second kappa shape index (κ2) is 7.33. The van der Waals surface area contributed by atoms with E-state index >= 15 is 0 Å². The fourth-order valence-corrected chi connectivity index (χ4v) is 1.08. The van der Waals surface area contributed by atoms with Crippen LogP contribution in [0, 0.1) is 5.92 Å². The van der Waals surface area contributed by atoms with Crippen molar-refractivity contribution in [2.75, 3.05) is 20.3 Å². The van der Waals surface area contributed by atoms with E-state index in [9.17, 15) is 4.79 Å². The Kier molecular flexibility index (Phi) is 7.28. The summed E-state index contributed by atoms with van der Waals surface area (Å²) in [6, 6.07) is 0. The Morgan fingerprint density at radius 1 is 1.46 bits per heavy atom. The van der Waals surface area contributed by atoms with Gasteiger partial charge in [0.05, 0.1) is 13.7 Å². The largest absolute Gasteiger partial charge is 0.468 e. The van der Waals surface area contributed by atoms with Gasteiger partial charge in [-0.25, -0.2) is 0 Å². The maximum atomic E-state index is 10.9. The number of alkyl halides is 1. The van der Waals surface area contributed by atoms with Crippen LogP contribution in [0.15, 0.2) is 0 Å². The van der Waals surface area contributed by atoms with Crippen molar-refractivity contribution in [2.24, 2.45) is 5.92 Å². The van der Waals surface area contributed by atoms with E-state index in [1.807, 2.05) is 0 Å². The molecule has 0 aromatic heterocycles. The van der Waals surface area contributed by atoms with Crippen LogP contribution in [0.1, 0.15) is 20.3 Å². The zero-order valence-corrected chi connectivity index (χ0v) is 9.96. The molecule has 13 heavy (non-hydrogen) atoms. The van der Waals surface area contributed by atoms with Crippen LogP contribution in [0.25, 0.3) is 0 Å². The van der Waals surface area contributed by atoms with E-state index in [4.69, 9.17) is 4.74 Å². The summed E-state index contributed by atoms with van der Waals surface area (Å²) in [5.41, 5.74) is 0. The van der Waals surface area contributed by atoms with Gasteiger partial charge in [0.1, 0.15) is 4.83 Å². The van der Waals surface area contributed by atoms with Gasteiger partial charge >= 0.3 is 5.97 Å². The minimum absolute atomic E-state index is 0.287. The molecule has 3 nitrogen and oxygen atoms in total. The number of esters is 1. The molecule has 4 heteroatoms. The quantitative estimate of drug-likeness (QED) is 0.412. The molecular formula is C9H17BrO3. The molecule has 0 bridgehead atoms. The minimum atomic E-state index is -0.343. The molecule has 0 aromatic rings. The molecule has 0 aliphatic rings. The van der Waals surface area contributed by atoms with E-state index in [1.54, 1.807) is 0 Å². The van der Waals surface area contributed by atoms with Crippen LogP contribution >= 0.6 is 15.9 Å². The molecule has 0 spiro atoms. The van der Waals surface area contributed by atoms with E-state index in [0.717, 1.165) is 6.42 Å². The first-order valence-corrected chi connectivity index (χ1v) is 5.29. The minimum Gasteiger partial charge on any atom is -0.468 e. The van der Waals surface area contributed by atoms with Gasteiger partial charge in [-0.3, -0.25) is 4.79 Å². The second-order valence-corrected chi connectivity index (χ2v) is 4.35. The topological polar surface area (TPSA) is 35.5 Å². The second-order valence-electron chi connectivity index (χ2n) is 3.25. The molecule has 0 N–H and O–H groups in total. The molecule has 0 aliphatic carbocycles. The monoisotopic (exact) mass is 252 g/mol. The Labute approximate surface area is 87.9 Å². The first-order chi connectivity index (χ1) is 6.07. The van der Waals surface area contributed by atoms with Crippen molar-refractivity contribution in [3.63, 3.8) is 0 Å². The highest BCUT2D eigenvalue weighted by Crippen LogP contribution is 2.04. The third-order valence-corrected chi connectivity index (χ3v) is 2.20. The van der Waals surface area contributed by atoms with Gasteiger partial charge in [-0.05, 0) is 12.3 Å². The number of rotatable bonds is 6. The third kappa shape index (κ3) is 7.02. The zero-order chi connectivity index (χ0) is 10.3. The predicted octanol–water partition coefficient (Wildman–Crippen LogP) is 1.99. The van der Waals surface area contributed by atoms with Crippen molar-refractivity contribution >= 4 is 21.9 Å². The lowest BCUT2D eigenvalue weighted by atomic mass is 10.1. The number of ether oxygens (including phenoxy) is 2. The lowest BCUT2D eigenvalue weighted by Crippen LogP contribution is -2.21. The Hall–Kier alpha value is -0.0900. The summed E-state index contributed by atoms with van der Waals surface area (Å²) in [6.45, 7) is 5.33. The molecule has 1 atom stereocenters. The molecule has 1 unspecified atom stereocenters. The number of carbonyl (C=O) groups excluding carboxylic acids is 1. The molecular weight excluding hydrogens is 236 g/mol. The highest BCUT2D eigenvalue weighted by Gasteiger charge is 2.14. The van der Waals surface area contributed by atoms with Crippen molar-refractivity contribution < 1.29 is 14.3 Å². The number of carbonyl (C=O) groups is 1. The molecule has 0 rings (SSSR count). The van der Waals surface area contributed by atoms with Gasteiger partial charge in [-0.15, -0.1) is 0 Å². The van der Waals surface area contributed by atoms with Crippen LogP contribution in [0.2, 0.25) is 0 Å². The molecule has 0 radical (unpaired) electrons. The lowest BCUT2D eigenvalue weighted by Gasteiger charge is -2.09. The molecule has 0 aliphatic heterocycles. The summed E-state index contributed by atoms with van der Waals surface area (Å²) in [7, 11) is 1.37. The Morgan fingerprint density at radius 2 is 2.08 bits per heavy atom. The van der Waals surface area contributed by atoms with Gasteiger partial charge in [0, 0.05) is 6.61 Å². The smallest absolute Gasteiger partial charge is 0.321 e. The van der Waals surface area contributed by atoms with E-state index < -0.39 is 0 Å². The predicted molar refractivity (Wildman–Crippen MR) is 55.0 cm³/mol. The summed E-state index contributed by atoms with van der Waals surface area (Å²) >= 11 is 3.17. The van der Waals surface area contributed by atoms with Crippen molar-refractivity contribution in [3.8, 4) is 0 Å². The Morgan fingerprint density at radius 3 is 2.54 bits per heavy atom. The standard InChI is InChI=1S/C9H17BrO3/c1-7(2)4-5-13-6-8(10)9(11)12-3/h7-8H,4-6H2,1-3H3. The van der Waals surface area contributed by atoms with Crippen LogP contribution < -0.4 is 0 Å². The van der Waals surface area contributed by atoms with Crippen LogP contribution in [0.4, 0.5) is 0 Å². The Balaban J connectivity index is 3.37. The van der Waals surface area contributed by atoms with Gasteiger partial charge in [0.15, 0.2) is 0 Å². The normalized spacial score (nSPS) is 13.0. The van der Waals surface area contributed by atoms with Gasteiger partial charge in [-0.1, -0.05) is 29.8 Å². The van der Waals surface area contributed by atoms with E-state index in [-0.39, 0.29) is 10.8 Å². The average molecular weight is 253 g/mol. The third-order valence-electron chi connectivity index (χ3n) is 1.56. The van der Waals surface area contributed by atoms with Crippen LogP contribution in [-0.4, -0.2) is 31.1 Å². The van der Waals surface area contributed by atoms with Gasteiger partial charge in [0.25, 0.3) is 0 Å². The van der Waals surface area contributed by atoms with Crippen LogP contribution in [-0.2, 0) is 14.3 Å². The number of hydrogen-bond donors (Lipinski definition) is 0. The summed E-state index contributed by atoms with van der Waals surface area (Å²) in [5, 5.41) is 0. The summed E-state index contributed by atoms with van der Waals surface area (Å²) < 4.78 is 9.81. The molecule has 0 amide bonds. The highest BCUT2D eigenvalue weighted by atomic mass is 79.9. The van der Waals surface area contributed by atoms with Gasteiger partial charge in [-0.2, -0.15) is 0 Å². The first-order valence-electron chi connectivity index (χ1n) is 4.37. The Bertz CT molecular complexity index is 148. The van der Waals surface area contributed by atoms with Crippen molar-refractivity contribution in [1.29, 1.82) is 0 Å². The fraction of sp³-hybridized carbons (Fsp3) is 0.889. The summed E-state index contributed by atoms with van der Waals surface area (Å²) in [4.78, 5) is 10.5. The van der Waals surface area contributed by atoms with E-state index in [0.29, 0.717) is 19.1 Å². The number of methoxy groups -OCH3 is 1. The van der Waals surface area contributed by atoms with Crippen molar-refractivity contribution in [2.45, 2.75) is 25.1 Å². The molecule has 0 saturated heterocycles. The zero-order valence-electron chi connectivity index (χ0n) is 8.38. The average Bonchev–Trinajstić information content (AvgIpc) is 2.10. The van der Waals surface area contributed by atoms with Crippen LogP contribution in [0.5, 0.6) is 0 Å². The van der Waals surface area contributed by atoms with Crippen molar-refractivity contribution in [3.05, 3.63) is 0 Å². The molecule has 0 saturated carbocycles. The van der Waals surface area contributed by atoms with E-state index in [2.05, 4.69) is 34.5 Å². The van der Waals surface area contributed by atoms with Crippen molar-refractivity contribution in [1.82, 2.24) is 0 Å². The first kappa shape index (κ1) is 12.9. The maximum absolute atomic E-state index is 10.9. The van der Waals surface area contributed by atoms with E-state index in [1.165, 1.54) is 7.11 Å². The fourth-order valence-electron chi connectivity index (χ4n) is 0.702. The summed E-state index contributed by atoms with van der Waals surface area (Å²) in [6.07, 6.45) is 1.01. The molecule has 0 fully saturated rings. The maximum Gasteiger partial charge on any atom is 0.321 e.